The Balaban J connectivity index is 1.97. The van der Waals surface area contributed by atoms with Crippen LogP contribution in [0.25, 0.3) is 0 Å². The van der Waals surface area contributed by atoms with Gasteiger partial charge in [0.2, 0.25) is 0 Å². The molecule has 1 aliphatic heterocycles. The highest BCUT2D eigenvalue weighted by molar-refractivity contribution is 5.89. The SMILES string of the molecule is CC(NC(=O)N1CCCC1C(=O)NNc1cccc(C(F)(F)F)c1)C(=O)O. The predicted octanol–water partition coefficient (Wildman–Crippen LogP) is 1.80. The maximum Gasteiger partial charge on any atom is 0.416 e. The van der Waals surface area contributed by atoms with E-state index in [4.69, 9.17) is 5.11 Å². The fourth-order valence-corrected chi connectivity index (χ4v) is 2.60. The van der Waals surface area contributed by atoms with E-state index in [1.807, 2.05) is 0 Å². The number of nitrogens with zero attached hydrogens (tertiary/aromatic N) is 1. The first kappa shape index (κ1) is 20.3. The van der Waals surface area contributed by atoms with Crippen LogP contribution in [0.15, 0.2) is 24.3 Å². The summed E-state index contributed by atoms with van der Waals surface area (Å²) < 4.78 is 38.1. The van der Waals surface area contributed by atoms with Gasteiger partial charge in [-0.3, -0.25) is 20.4 Å². The average molecular weight is 388 g/mol. The lowest BCUT2D eigenvalue weighted by atomic mass is 10.2. The summed E-state index contributed by atoms with van der Waals surface area (Å²) in [6.07, 6.45) is -3.62. The summed E-state index contributed by atoms with van der Waals surface area (Å²) in [7, 11) is 0. The molecule has 2 unspecified atom stereocenters. The molecule has 11 heteroatoms. The van der Waals surface area contributed by atoms with Crippen molar-refractivity contribution in [1.82, 2.24) is 15.6 Å². The van der Waals surface area contributed by atoms with Gasteiger partial charge < -0.3 is 15.3 Å². The number of amides is 3. The first-order valence-corrected chi connectivity index (χ1v) is 8.12. The van der Waals surface area contributed by atoms with Gasteiger partial charge in [-0.15, -0.1) is 0 Å². The highest BCUT2D eigenvalue weighted by Gasteiger charge is 2.35. The second-order valence-corrected chi connectivity index (χ2v) is 6.05. The Bertz CT molecular complexity index is 726. The molecule has 0 aliphatic carbocycles. The van der Waals surface area contributed by atoms with Crippen molar-refractivity contribution in [1.29, 1.82) is 0 Å². The predicted molar refractivity (Wildman–Crippen MR) is 88.6 cm³/mol. The summed E-state index contributed by atoms with van der Waals surface area (Å²) >= 11 is 0. The number of aliphatic carboxylic acids is 1. The van der Waals surface area contributed by atoms with Crippen molar-refractivity contribution < 1.29 is 32.7 Å². The molecule has 0 radical (unpaired) electrons. The number of alkyl halides is 3. The van der Waals surface area contributed by atoms with Crippen LogP contribution in [0.4, 0.5) is 23.7 Å². The molecule has 3 amide bonds. The van der Waals surface area contributed by atoms with E-state index in [2.05, 4.69) is 16.2 Å². The van der Waals surface area contributed by atoms with Crippen molar-refractivity contribution in [3.8, 4) is 0 Å². The Kier molecular flexibility index (Phi) is 6.13. The van der Waals surface area contributed by atoms with Crippen molar-refractivity contribution in [2.45, 2.75) is 38.0 Å². The van der Waals surface area contributed by atoms with Gasteiger partial charge in [0.25, 0.3) is 5.91 Å². The summed E-state index contributed by atoms with van der Waals surface area (Å²) in [6, 6.07) is 1.62. The molecular formula is C16H19F3N4O4. The lowest BCUT2D eigenvalue weighted by molar-refractivity contribution is -0.139. The van der Waals surface area contributed by atoms with Crippen LogP contribution in [0.1, 0.15) is 25.3 Å². The molecule has 1 saturated heterocycles. The zero-order chi connectivity index (χ0) is 20.2. The van der Waals surface area contributed by atoms with Gasteiger partial charge in [-0.1, -0.05) is 6.07 Å². The van der Waals surface area contributed by atoms with Crippen LogP contribution < -0.4 is 16.2 Å². The summed E-state index contributed by atoms with van der Waals surface area (Å²) in [6.45, 7) is 1.56. The topological polar surface area (TPSA) is 111 Å². The number of carbonyl (C=O) groups excluding carboxylic acids is 2. The Morgan fingerprint density at radius 2 is 2.00 bits per heavy atom. The average Bonchev–Trinajstić information content (AvgIpc) is 3.09. The lowest BCUT2D eigenvalue weighted by Crippen LogP contribution is -2.53. The number of nitrogens with one attached hydrogen (secondary N) is 3. The number of rotatable bonds is 5. The van der Waals surface area contributed by atoms with Gasteiger partial charge in [-0.2, -0.15) is 13.2 Å². The van der Waals surface area contributed by atoms with E-state index in [0.29, 0.717) is 12.8 Å². The molecule has 1 fully saturated rings. The number of hydrazine groups is 1. The van der Waals surface area contributed by atoms with Gasteiger partial charge in [-0.25, -0.2) is 4.79 Å². The van der Waals surface area contributed by atoms with E-state index in [1.54, 1.807) is 0 Å². The van der Waals surface area contributed by atoms with Crippen molar-refractivity contribution in [2.75, 3.05) is 12.0 Å². The molecule has 1 heterocycles. The second-order valence-electron chi connectivity index (χ2n) is 6.05. The Morgan fingerprint density at radius 1 is 1.30 bits per heavy atom. The van der Waals surface area contributed by atoms with Gasteiger partial charge in [-0.05, 0) is 38.0 Å². The molecule has 4 N–H and O–H groups in total. The van der Waals surface area contributed by atoms with E-state index in [1.165, 1.54) is 24.0 Å². The van der Waals surface area contributed by atoms with Gasteiger partial charge in [0.05, 0.1) is 11.3 Å². The maximum atomic E-state index is 12.7. The van der Waals surface area contributed by atoms with E-state index < -0.39 is 41.7 Å². The molecule has 27 heavy (non-hydrogen) atoms. The van der Waals surface area contributed by atoms with Crippen LogP contribution in [-0.4, -0.2) is 46.5 Å². The largest absolute Gasteiger partial charge is 0.480 e. The van der Waals surface area contributed by atoms with E-state index in [-0.39, 0.29) is 12.2 Å². The van der Waals surface area contributed by atoms with Crippen LogP contribution in [0.5, 0.6) is 0 Å². The summed E-state index contributed by atoms with van der Waals surface area (Å²) in [4.78, 5) is 36.4. The van der Waals surface area contributed by atoms with Crippen molar-refractivity contribution in [3.63, 3.8) is 0 Å². The minimum absolute atomic E-state index is 0.0340. The normalized spacial score (nSPS) is 17.9. The molecule has 148 valence electrons. The summed E-state index contributed by atoms with van der Waals surface area (Å²) in [5.41, 5.74) is 3.85. The van der Waals surface area contributed by atoms with Crippen molar-refractivity contribution in [3.05, 3.63) is 29.8 Å². The lowest BCUT2D eigenvalue weighted by Gasteiger charge is -2.25. The number of halogens is 3. The quantitative estimate of drug-likeness (QED) is 0.575. The van der Waals surface area contributed by atoms with Gasteiger partial charge in [0.15, 0.2) is 0 Å². The highest BCUT2D eigenvalue weighted by Crippen LogP contribution is 2.30. The Morgan fingerprint density at radius 3 is 2.63 bits per heavy atom. The smallest absolute Gasteiger partial charge is 0.416 e. The number of anilines is 1. The zero-order valence-corrected chi connectivity index (χ0v) is 14.3. The number of likely N-dealkylation sites (tertiary alicyclic amines) is 1. The number of carboxylic acid groups (broad SMARTS) is 1. The first-order chi connectivity index (χ1) is 12.6. The third-order valence-electron chi connectivity index (χ3n) is 4.05. The molecule has 2 atom stereocenters. The number of carboxylic acids is 1. The molecule has 8 nitrogen and oxygen atoms in total. The molecule has 0 spiro atoms. The Labute approximate surface area is 152 Å². The standard InChI is InChI=1S/C16H19F3N4O4/c1-9(14(25)26)20-15(27)23-7-3-6-12(23)13(24)22-21-11-5-2-4-10(8-11)16(17,18)19/h2,4-5,8-9,12,21H,3,6-7H2,1H3,(H,20,27)(H,22,24)(H,25,26). The second kappa shape index (κ2) is 8.14. The monoisotopic (exact) mass is 388 g/mol. The molecule has 1 aromatic rings. The van der Waals surface area contributed by atoms with Crippen molar-refractivity contribution >= 4 is 23.6 Å². The molecule has 2 rings (SSSR count). The van der Waals surface area contributed by atoms with Crippen molar-refractivity contribution in [2.24, 2.45) is 0 Å². The van der Waals surface area contributed by atoms with E-state index in [0.717, 1.165) is 12.1 Å². The fourth-order valence-electron chi connectivity index (χ4n) is 2.60. The zero-order valence-electron chi connectivity index (χ0n) is 14.3. The molecule has 0 bridgehead atoms. The summed E-state index contributed by atoms with van der Waals surface area (Å²) in [5, 5.41) is 11.1. The third kappa shape index (κ3) is 5.25. The van der Waals surface area contributed by atoms with Gasteiger partial charge in [0.1, 0.15) is 12.1 Å². The molecule has 1 aromatic carbocycles. The van der Waals surface area contributed by atoms with Crippen LogP contribution in [0.3, 0.4) is 0 Å². The van der Waals surface area contributed by atoms with Gasteiger partial charge >= 0.3 is 18.2 Å². The summed E-state index contributed by atoms with van der Waals surface area (Å²) in [5.74, 6) is -1.82. The minimum Gasteiger partial charge on any atom is -0.480 e. The van der Waals surface area contributed by atoms with E-state index in [9.17, 15) is 27.6 Å². The number of benzene rings is 1. The van der Waals surface area contributed by atoms with Crippen LogP contribution in [0, 0.1) is 0 Å². The van der Waals surface area contributed by atoms with Gasteiger partial charge in [0, 0.05) is 6.54 Å². The minimum atomic E-state index is -4.51. The van der Waals surface area contributed by atoms with Crippen LogP contribution in [-0.2, 0) is 15.8 Å². The highest BCUT2D eigenvalue weighted by atomic mass is 19.4. The van der Waals surface area contributed by atoms with E-state index >= 15 is 0 Å². The molecule has 0 aromatic heterocycles. The fraction of sp³-hybridized carbons (Fsp3) is 0.438. The number of hydrogen-bond acceptors (Lipinski definition) is 4. The number of urea groups is 1. The third-order valence-corrected chi connectivity index (χ3v) is 4.05. The number of carbonyl (C=O) groups is 3. The van der Waals surface area contributed by atoms with Crippen LogP contribution >= 0.6 is 0 Å². The van der Waals surface area contributed by atoms with Crippen LogP contribution in [0.2, 0.25) is 0 Å². The molecule has 1 aliphatic rings. The molecular weight excluding hydrogens is 369 g/mol. The molecule has 0 saturated carbocycles. The maximum absolute atomic E-state index is 12.7. The Hall–Kier alpha value is -2.98. The first-order valence-electron chi connectivity index (χ1n) is 8.12. The number of hydrogen-bond donors (Lipinski definition) is 4.